The van der Waals surface area contributed by atoms with E-state index in [0.717, 1.165) is 25.1 Å². The second-order valence-corrected chi connectivity index (χ2v) is 5.00. The highest BCUT2D eigenvalue weighted by Gasteiger charge is 2.28. The van der Waals surface area contributed by atoms with E-state index < -0.39 is 6.09 Å². The molecule has 1 saturated heterocycles. The quantitative estimate of drug-likeness (QED) is 0.770. The number of rotatable bonds is 3. The highest BCUT2D eigenvalue weighted by Crippen LogP contribution is 2.28. The number of hydrogen-bond acceptors (Lipinski definition) is 4. The maximum absolute atomic E-state index is 10.8. The van der Waals surface area contributed by atoms with E-state index in [0.29, 0.717) is 18.2 Å². The van der Waals surface area contributed by atoms with Crippen LogP contribution in [0.15, 0.2) is 18.5 Å². The number of nitrogens with one attached hydrogen (secondary N) is 1. The Morgan fingerprint density at radius 3 is 3.05 bits per heavy atom. The van der Waals surface area contributed by atoms with E-state index in [4.69, 9.17) is 10.8 Å². The second kappa shape index (κ2) is 5.77. The topological polar surface area (TPSA) is 91.5 Å². The highest BCUT2D eigenvalue weighted by molar-refractivity contribution is 5.67. The lowest BCUT2D eigenvalue weighted by Gasteiger charge is -2.39. The number of nitrogens with zero attached hydrogens (tertiary/aromatic N) is 2. The molecule has 2 rings (SSSR count). The molecule has 6 heteroatoms. The Bertz CT molecular complexity index is 452. The number of nitrogens with two attached hydrogens (primary N) is 1. The van der Waals surface area contributed by atoms with Gasteiger partial charge in [-0.05, 0) is 18.4 Å². The van der Waals surface area contributed by atoms with Gasteiger partial charge in [-0.15, -0.1) is 0 Å². The van der Waals surface area contributed by atoms with Gasteiger partial charge in [0.2, 0.25) is 0 Å². The molecule has 1 amide bonds. The van der Waals surface area contributed by atoms with Crippen molar-refractivity contribution < 1.29 is 9.90 Å². The first-order chi connectivity index (χ1) is 9.10. The van der Waals surface area contributed by atoms with Crippen molar-refractivity contribution in [3.63, 3.8) is 0 Å². The molecular weight excluding hydrogens is 244 g/mol. The second-order valence-electron chi connectivity index (χ2n) is 5.00. The number of amides is 1. The van der Waals surface area contributed by atoms with Gasteiger partial charge in [0.05, 0.1) is 17.6 Å². The van der Waals surface area contributed by atoms with E-state index in [1.807, 2.05) is 6.07 Å². The molecule has 0 aliphatic carbocycles. The van der Waals surface area contributed by atoms with Crippen LogP contribution in [-0.4, -0.2) is 35.3 Å². The lowest BCUT2D eigenvalue weighted by Crippen LogP contribution is -2.50. The maximum Gasteiger partial charge on any atom is 0.404 e. The highest BCUT2D eigenvalue weighted by atomic mass is 16.4. The summed E-state index contributed by atoms with van der Waals surface area (Å²) in [6.45, 7) is 3.68. The molecule has 2 heterocycles. The normalized spacial score (nSPS) is 23.1. The summed E-state index contributed by atoms with van der Waals surface area (Å²) in [4.78, 5) is 16.9. The fraction of sp³-hybridized carbons (Fsp3) is 0.538. The van der Waals surface area contributed by atoms with E-state index in [1.165, 1.54) is 0 Å². The molecule has 0 unspecified atom stereocenters. The van der Waals surface area contributed by atoms with Gasteiger partial charge in [-0.25, -0.2) is 4.79 Å². The van der Waals surface area contributed by atoms with E-state index in [2.05, 4.69) is 22.1 Å². The fourth-order valence-corrected chi connectivity index (χ4v) is 2.66. The molecular formula is C13H20N4O2. The third-order valence-corrected chi connectivity index (χ3v) is 3.61. The van der Waals surface area contributed by atoms with E-state index in [-0.39, 0.29) is 6.04 Å². The summed E-state index contributed by atoms with van der Waals surface area (Å²) in [5.41, 5.74) is 7.51. The standard InChI is InChI=1S/C13H20N4O2/c1-2-9-5-10(16-13(18)19)8-17(7-9)12-3-4-15-6-11(12)14/h3-4,6,9-10,16H,2,5,7-8,14H2,1H3,(H,18,19)/t9-,10-/m1/s1. The van der Waals surface area contributed by atoms with Crippen molar-refractivity contribution in [2.75, 3.05) is 23.7 Å². The van der Waals surface area contributed by atoms with Crippen molar-refractivity contribution >= 4 is 17.5 Å². The molecule has 1 aliphatic heterocycles. The smallest absolute Gasteiger partial charge is 0.404 e. The van der Waals surface area contributed by atoms with Gasteiger partial charge in [-0.3, -0.25) is 4.98 Å². The first-order valence-corrected chi connectivity index (χ1v) is 6.54. The number of anilines is 2. The molecule has 0 aromatic carbocycles. The molecule has 4 N–H and O–H groups in total. The summed E-state index contributed by atoms with van der Waals surface area (Å²) >= 11 is 0. The van der Waals surface area contributed by atoms with Crippen LogP contribution in [0.5, 0.6) is 0 Å². The van der Waals surface area contributed by atoms with Crippen LogP contribution in [0.1, 0.15) is 19.8 Å². The summed E-state index contributed by atoms with van der Waals surface area (Å²) in [6.07, 6.45) is 4.28. The molecule has 1 aliphatic rings. The summed E-state index contributed by atoms with van der Waals surface area (Å²) in [5.74, 6) is 0.471. The maximum atomic E-state index is 10.8. The molecule has 0 bridgehead atoms. The monoisotopic (exact) mass is 264 g/mol. The van der Waals surface area contributed by atoms with Gasteiger partial charge in [0.1, 0.15) is 0 Å². The van der Waals surface area contributed by atoms with Gasteiger partial charge in [0.15, 0.2) is 0 Å². The molecule has 0 radical (unpaired) electrons. The first-order valence-electron chi connectivity index (χ1n) is 6.54. The zero-order valence-corrected chi connectivity index (χ0v) is 11.0. The molecule has 1 aromatic heterocycles. The Morgan fingerprint density at radius 2 is 2.42 bits per heavy atom. The predicted molar refractivity (Wildman–Crippen MR) is 74.2 cm³/mol. The number of hydrogen-bond donors (Lipinski definition) is 3. The van der Waals surface area contributed by atoms with Crippen molar-refractivity contribution in [2.45, 2.75) is 25.8 Å². The lowest BCUT2D eigenvalue weighted by molar-refractivity contribution is 0.185. The van der Waals surface area contributed by atoms with Crippen molar-refractivity contribution in [2.24, 2.45) is 5.92 Å². The lowest BCUT2D eigenvalue weighted by atomic mass is 9.91. The molecule has 2 atom stereocenters. The molecule has 1 aromatic rings. The van der Waals surface area contributed by atoms with Crippen LogP contribution in [0.25, 0.3) is 0 Å². The summed E-state index contributed by atoms with van der Waals surface area (Å²) in [7, 11) is 0. The average Bonchev–Trinajstić information content (AvgIpc) is 2.38. The van der Waals surface area contributed by atoms with Gasteiger partial charge in [-0.1, -0.05) is 13.3 Å². The number of nitrogen functional groups attached to an aromatic ring is 1. The third-order valence-electron chi connectivity index (χ3n) is 3.61. The van der Waals surface area contributed by atoms with Crippen molar-refractivity contribution in [1.29, 1.82) is 0 Å². The zero-order chi connectivity index (χ0) is 13.8. The van der Waals surface area contributed by atoms with Crippen LogP contribution in [0.3, 0.4) is 0 Å². The third kappa shape index (κ3) is 3.27. The van der Waals surface area contributed by atoms with Gasteiger partial charge in [0, 0.05) is 25.3 Å². The number of aromatic nitrogens is 1. The van der Waals surface area contributed by atoms with Gasteiger partial charge >= 0.3 is 6.09 Å². The van der Waals surface area contributed by atoms with Gasteiger partial charge in [0.25, 0.3) is 0 Å². The van der Waals surface area contributed by atoms with Crippen LogP contribution < -0.4 is 16.0 Å². The summed E-state index contributed by atoms with van der Waals surface area (Å²) < 4.78 is 0. The van der Waals surface area contributed by atoms with Crippen LogP contribution in [0.2, 0.25) is 0 Å². The fourth-order valence-electron chi connectivity index (χ4n) is 2.66. The number of carbonyl (C=O) groups is 1. The first kappa shape index (κ1) is 13.5. The van der Waals surface area contributed by atoms with Crippen LogP contribution in [0, 0.1) is 5.92 Å². The molecule has 19 heavy (non-hydrogen) atoms. The molecule has 104 valence electrons. The SMILES string of the molecule is CC[C@@H]1C[C@@H](NC(=O)O)CN(c2ccncc2N)C1. The predicted octanol–water partition coefficient (Wildman–Crippen LogP) is 1.54. The summed E-state index contributed by atoms with van der Waals surface area (Å²) in [6, 6.07) is 1.83. The van der Waals surface area contributed by atoms with Crippen LogP contribution in [-0.2, 0) is 0 Å². The van der Waals surface area contributed by atoms with E-state index in [9.17, 15) is 4.79 Å². The van der Waals surface area contributed by atoms with Crippen LogP contribution in [0.4, 0.5) is 16.2 Å². The Balaban J connectivity index is 2.15. The number of pyridine rings is 1. The minimum absolute atomic E-state index is 0.0521. The number of piperidine rings is 1. The van der Waals surface area contributed by atoms with Gasteiger partial charge in [-0.2, -0.15) is 0 Å². The minimum Gasteiger partial charge on any atom is -0.465 e. The molecule has 1 fully saturated rings. The van der Waals surface area contributed by atoms with Crippen LogP contribution >= 0.6 is 0 Å². The Labute approximate surface area is 112 Å². The van der Waals surface area contributed by atoms with Crippen molar-refractivity contribution in [3.05, 3.63) is 18.5 Å². The van der Waals surface area contributed by atoms with E-state index in [1.54, 1.807) is 12.4 Å². The van der Waals surface area contributed by atoms with E-state index >= 15 is 0 Å². The molecule has 0 saturated carbocycles. The Hall–Kier alpha value is -1.98. The average molecular weight is 264 g/mol. The molecule has 6 nitrogen and oxygen atoms in total. The van der Waals surface area contributed by atoms with Crippen molar-refractivity contribution in [3.8, 4) is 0 Å². The summed E-state index contributed by atoms with van der Waals surface area (Å²) in [5, 5.41) is 11.5. The van der Waals surface area contributed by atoms with Crippen molar-refractivity contribution in [1.82, 2.24) is 10.3 Å². The largest absolute Gasteiger partial charge is 0.465 e. The zero-order valence-electron chi connectivity index (χ0n) is 11.0. The Kier molecular flexibility index (Phi) is 4.09. The minimum atomic E-state index is -0.968. The Morgan fingerprint density at radius 1 is 1.63 bits per heavy atom. The van der Waals surface area contributed by atoms with Gasteiger partial charge < -0.3 is 21.1 Å². The number of carboxylic acid groups (broad SMARTS) is 1. The molecule has 0 spiro atoms.